The van der Waals surface area contributed by atoms with Crippen molar-refractivity contribution in [3.8, 4) is 0 Å². The van der Waals surface area contributed by atoms with Crippen LogP contribution in [0, 0.1) is 0 Å². The summed E-state index contributed by atoms with van der Waals surface area (Å²) in [5, 5.41) is 1.94. The summed E-state index contributed by atoms with van der Waals surface area (Å²) in [6, 6.07) is 8.78. The van der Waals surface area contributed by atoms with Gasteiger partial charge in [0.25, 0.3) is 5.91 Å². The molecule has 3 aromatic rings. The highest BCUT2D eigenvalue weighted by atomic mass is 32.2. The molecule has 0 radical (unpaired) electrons. The van der Waals surface area contributed by atoms with Crippen LogP contribution in [-0.4, -0.2) is 38.4 Å². The van der Waals surface area contributed by atoms with E-state index < -0.39 is 9.84 Å². The number of nitrogens with zero attached hydrogens (tertiary/aromatic N) is 2. The van der Waals surface area contributed by atoms with E-state index in [1.54, 1.807) is 24.3 Å². The van der Waals surface area contributed by atoms with Gasteiger partial charge in [0.2, 0.25) is 0 Å². The number of hydrogen-bond acceptors (Lipinski definition) is 6. The van der Waals surface area contributed by atoms with Gasteiger partial charge in [-0.05, 0) is 42.6 Å². The first-order valence-electron chi connectivity index (χ1n) is 8.60. The Morgan fingerprint density at radius 2 is 2.14 bits per heavy atom. The Labute approximate surface area is 171 Å². The molecule has 6 nitrogen and oxygen atoms in total. The first kappa shape index (κ1) is 20.7. The summed E-state index contributed by atoms with van der Waals surface area (Å²) in [4.78, 5) is 18.3. The number of fused-ring (bicyclic) bond motifs is 1. The Hall–Kier alpha value is -2.07. The maximum atomic E-state index is 12.3. The lowest BCUT2D eigenvalue weighted by Gasteiger charge is -2.05. The Balaban J connectivity index is 2.02. The number of carbonyl (C=O) groups excluding carboxylic acids is 1. The van der Waals surface area contributed by atoms with Crippen molar-refractivity contribution in [3.63, 3.8) is 0 Å². The minimum atomic E-state index is -3.31. The van der Waals surface area contributed by atoms with Crippen molar-refractivity contribution in [1.29, 1.82) is 0 Å². The van der Waals surface area contributed by atoms with Gasteiger partial charge in [-0.2, -0.15) is 4.99 Å². The summed E-state index contributed by atoms with van der Waals surface area (Å²) in [6.07, 6.45) is 4.34. The molecule has 0 spiro atoms. The number of benzene rings is 1. The average Bonchev–Trinajstić information content (AvgIpc) is 3.27. The van der Waals surface area contributed by atoms with Crippen molar-refractivity contribution < 1.29 is 17.9 Å². The molecule has 0 unspecified atom stereocenters. The number of carbonyl (C=O) groups is 1. The van der Waals surface area contributed by atoms with Crippen molar-refractivity contribution in [2.24, 2.45) is 4.99 Å². The third-order valence-corrected chi connectivity index (χ3v) is 6.87. The summed E-state index contributed by atoms with van der Waals surface area (Å²) in [7, 11) is -3.31. The molecule has 0 fully saturated rings. The number of thiazole rings is 1. The van der Waals surface area contributed by atoms with Gasteiger partial charge in [0, 0.05) is 30.4 Å². The number of hydrogen-bond donors (Lipinski definition) is 0. The largest absolute Gasteiger partial charge is 0.380 e. The number of ether oxygens (including phenoxy) is 1. The Kier molecular flexibility index (Phi) is 6.61. The summed E-state index contributed by atoms with van der Waals surface area (Å²) in [6.45, 7) is 3.50. The van der Waals surface area contributed by atoms with E-state index in [9.17, 15) is 13.2 Å². The molecular weight excluding hydrogens is 416 g/mol. The zero-order valence-corrected chi connectivity index (χ0v) is 17.9. The van der Waals surface area contributed by atoms with E-state index in [4.69, 9.17) is 4.74 Å². The molecule has 148 valence electrons. The number of aromatic nitrogens is 1. The van der Waals surface area contributed by atoms with E-state index in [1.807, 2.05) is 29.0 Å². The fourth-order valence-corrected chi connectivity index (χ4v) is 5.00. The van der Waals surface area contributed by atoms with Gasteiger partial charge in [0.05, 0.1) is 21.7 Å². The molecule has 0 bridgehead atoms. The predicted molar refractivity (Wildman–Crippen MR) is 113 cm³/mol. The van der Waals surface area contributed by atoms with Crippen LogP contribution >= 0.6 is 22.7 Å². The van der Waals surface area contributed by atoms with Crippen molar-refractivity contribution in [2.45, 2.75) is 18.4 Å². The quantitative estimate of drug-likeness (QED) is 0.420. The fourth-order valence-electron chi connectivity index (χ4n) is 2.56. The minimum Gasteiger partial charge on any atom is -0.380 e. The molecular formula is C19H20N2O4S3. The van der Waals surface area contributed by atoms with Crippen LogP contribution in [0.4, 0.5) is 0 Å². The van der Waals surface area contributed by atoms with Crippen molar-refractivity contribution in [3.05, 3.63) is 51.5 Å². The van der Waals surface area contributed by atoms with E-state index in [2.05, 4.69) is 4.99 Å². The van der Waals surface area contributed by atoms with Gasteiger partial charge in [-0.25, -0.2) is 8.42 Å². The van der Waals surface area contributed by atoms with Gasteiger partial charge in [0.15, 0.2) is 14.6 Å². The van der Waals surface area contributed by atoms with Crippen LogP contribution < -0.4 is 4.80 Å². The van der Waals surface area contributed by atoms with E-state index in [0.717, 1.165) is 15.1 Å². The van der Waals surface area contributed by atoms with Crippen LogP contribution in [0.25, 0.3) is 16.3 Å². The number of rotatable bonds is 7. The van der Waals surface area contributed by atoms with E-state index >= 15 is 0 Å². The number of amides is 1. The second-order valence-corrected chi connectivity index (χ2v) is 9.94. The molecule has 9 heteroatoms. The highest BCUT2D eigenvalue weighted by Crippen LogP contribution is 2.22. The lowest BCUT2D eigenvalue weighted by atomic mass is 10.3. The highest BCUT2D eigenvalue weighted by molar-refractivity contribution is 7.90. The molecule has 2 aromatic heterocycles. The molecule has 0 aliphatic rings. The molecule has 0 atom stereocenters. The lowest BCUT2D eigenvalue weighted by Crippen LogP contribution is -2.19. The first-order chi connectivity index (χ1) is 13.4. The number of sulfone groups is 1. The van der Waals surface area contributed by atoms with E-state index in [-0.39, 0.29) is 10.8 Å². The zero-order valence-electron chi connectivity index (χ0n) is 15.5. The van der Waals surface area contributed by atoms with Gasteiger partial charge in [-0.3, -0.25) is 4.79 Å². The molecule has 3 rings (SSSR count). The molecule has 0 N–H and O–H groups in total. The topological polar surface area (TPSA) is 77.7 Å². The average molecular weight is 437 g/mol. The van der Waals surface area contributed by atoms with Gasteiger partial charge < -0.3 is 9.30 Å². The molecule has 0 saturated carbocycles. The SMILES string of the molecule is CCOCCn1c(=NC(=O)/C=C/c2cccs2)sc2cc(S(C)(=O)=O)ccc21. The molecule has 2 heterocycles. The molecule has 28 heavy (non-hydrogen) atoms. The van der Waals surface area contributed by atoms with Gasteiger partial charge >= 0.3 is 0 Å². The maximum absolute atomic E-state index is 12.3. The molecule has 1 amide bonds. The van der Waals surface area contributed by atoms with Crippen LogP contribution in [0.5, 0.6) is 0 Å². The normalized spacial score (nSPS) is 13.0. The Morgan fingerprint density at radius 3 is 2.82 bits per heavy atom. The van der Waals surface area contributed by atoms with E-state index in [0.29, 0.717) is 24.6 Å². The Bertz CT molecular complexity index is 1170. The van der Waals surface area contributed by atoms with Crippen LogP contribution in [-0.2, 0) is 25.9 Å². The smallest absolute Gasteiger partial charge is 0.272 e. The summed E-state index contributed by atoms with van der Waals surface area (Å²) in [5.41, 5.74) is 0.825. The van der Waals surface area contributed by atoms with Crippen LogP contribution in [0.15, 0.2) is 51.7 Å². The molecule has 1 aromatic carbocycles. The number of thiophene rings is 1. The van der Waals surface area contributed by atoms with Crippen LogP contribution in [0.2, 0.25) is 0 Å². The first-order valence-corrected chi connectivity index (χ1v) is 12.2. The summed E-state index contributed by atoms with van der Waals surface area (Å²) >= 11 is 2.83. The van der Waals surface area contributed by atoms with Crippen molar-refractivity contribution in [1.82, 2.24) is 4.57 Å². The van der Waals surface area contributed by atoms with Gasteiger partial charge in [0.1, 0.15) is 0 Å². The third kappa shape index (κ3) is 5.05. The fraction of sp³-hybridized carbons (Fsp3) is 0.263. The second-order valence-electron chi connectivity index (χ2n) is 5.93. The predicted octanol–water partition coefficient (Wildman–Crippen LogP) is 3.35. The molecule has 0 aliphatic carbocycles. The maximum Gasteiger partial charge on any atom is 0.272 e. The monoisotopic (exact) mass is 436 g/mol. The summed E-state index contributed by atoms with van der Waals surface area (Å²) < 4.78 is 31.8. The van der Waals surface area contributed by atoms with E-state index in [1.165, 1.54) is 35.0 Å². The lowest BCUT2D eigenvalue weighted by molar-refractivity contribution is -0.113. The van der Waals surface area contributed by atoms with Crippen LogP contribution in [0.1, 0.15) is 11.8 Å². The second kappa shape index (κ2) is 8.95. The minimum absolute atomic E-state index is 0.244. The van der Waals surface area contributed by atoms with Gasteiger partial charge in [-0.15, -0.1) is 11.3 Å². The highest BCUT2D eigenvalue weighted by Gasteiger charge is 2.12. The van der Waals surface area contributed by atoms with Crippen molar-refractivity contribution in [2.75, 3.05) is 19.5 Å². The summed E-state index contributed by atoms with van der Waals surface area (Å²) in [5.74, 6) is -0.367. The Morgan fingerprint density at radius 1 is 1.32 bits per heavy atom. The molecule has 0 aliphatic heterocycles. The third-order valence-electron chi connectivity index (χ3n) is 3.88. The van der Waals surface area contributed by atoms with Crippen LogP contribution in [0.3, 0.4) is 0 Å². The van der Waals surface area contributed by atoms with Gasteiger partial charge in [-0.1, -0.05) is 17.4 Å². The van der Waals surface area contributed by atoms with Crippen molar-refractivity contribution >= 4 is 54.7 Å². The zero-order chi connectivity index (χ0) is 20.1. The molecule has 0 saturated heterocycles. The standard InChI is InChI=1S/C19H20N2O4S3/c1-3-25-11-10-21-16-8-7-15(28(2,23)24)13-17(16)27-19(21)20-18(22)9-6-14-5-4-12-26-14/h4-9,12-13H,3,10-11H2,1-2H3/b9-6+,20-19?.